The van der Waals surface area contributed by atoms with Crippen LogP contribution in [0.3, 0.4) is 0 Å². The monoisotopic (exact) mass is 300 g/mol. The maximum Gasteiger partial charge on any atom is 0.215 e. The molecule has 0 spiro atoms. The lowest BCUT2D eigenvalue weighted by molar-refractivity contribution is 0.102. The van der Waals surface area contributed by atoms with Crippen LogP contribution in [-0.2, 0) is 15.4 Å². The third-order valence-corrected chi connectivity index (χ3v) is 4.51. The molecule has 1 atom stereocenters. The summed E-state index contributed by atoms with van der Waals surface area (Å²) in [5.41, 5.74) is 9.65. The van der Waals surface area contributed by atoms with Crippen LogP contribution in [0.5, 0.6) is 0 Å². The van der Waals surface area contributed by atoms with Crippen molar-refractivity contribution in [1.29, 1.82) is 0 Å². The zero-order valence-electron chi connectivity index (χ0n) is 11.5. The van der Waals surface area contributed by atoms with E-state index in [2.05, 4.69) is 10.0 Å². The first-order valence-corrected chi connectivity index (χ1v) is 7.55. The van der Waals surface area contributed by atoms with Gasteiger partial charge in [0.05, 0.1) is 7.11 Å². The van der Waals surface area contributed by atoms with Gasteiger partial charge >= 0.3 is 0 Å². The van der Waals surface area contributed by atoms with Crippen LogP contribution in [0.1, 0.15) is 10.4 Å². The molecular formula is C15H14N3O2S+. The number of ketones is 1. The minimum atomic E-state index is -0.672. The van der Waals surface area contributed by atoms with Crippen LogP contribution in [0, 0.1) is 0 Å². The topological polar surface area (TPSA) is 75.1 Å². The van der Waals surface area contributed by atoms with Gasteiger partial charge < -0.3 is 0 Å². The molecule has 2 aromatic rings. The van der Waals surface area contributed by atoms with E-state index < -0.39 is 11.2 Å². The molecule has 0 aliphatic rings. The summed E-state index contributed by atoms with van der Waals surface area (Å²) in [5, 5.41) is 3.57. The van der Waals surface area contributed by atoms with Crippen LogP contribution >= 0.6 is 0 Å². The second kappa shape index (κ2) is 7.50. The van der Waals surface area contributed by atoms with E-state index in [1.54, 1.807) is 37.4 Å². The number of Topliss-reactive ketones (excluding diaryl/α,β-unsaturated/α-hetero) is 1. The zero-order valence-corrected chi connectivity index (χ0v) is 12.3. The van der Waals surface area contributed by atoms with Crippen molar-refractivity contribution in [1.82, 2.24) is 0 Å². The van der Waals surface area contributed by atoms with Crippen molar-refractivity contribution in [2.75, 3.05) is 12.9 Å². The van der Waals surface area contributed by atoms with Crippen LogP contribution in [0.4, 0.5) is 5.69 Å². The molecule has 1 unspecified atom stereocenters. The SMILES string of the molecule is CO[S+](CC(=O)c1ccccc1)c1cccc(N=[N+]=[N-])c1. The quantitative estimate of drug-likeness (QED) is 0.265. The molecule has 0 aliphatic carbocycles. The van der Waals surface area contributed by atoms with Gasteiger partial charge in [-0.05, 0) is 11.6 Å². The van der Waals surface area contributed by atoms with Crippen molar-refractivity contribution in [2.45, 2.75) is 4.90 Å². The summed E-state index contributed by atoms with van der Waals surface area (Å²) in [4.78, 5) is 15.8. The van der Waals surface area contributed by atoms with E-state index in [0.29, 0.717) is 11.3 Å². The average molecular weight is 300 g/mol. The molecule has 0 N–H and O–H groups in total. The number of benzene rings is 2. The smallest absolute Gasteiger partial charge is 0.215 e. The Bertz CT molecular complexity index is 670. The third-order valence-electron chi connectivity index (χ3n) is 2.80. The number of carbonyl (C=O) groups is 1. The lowest BCUT2D eigenvalue weighted by atomic mass is 10.2. The molecule has 0 aliphatic heterocycles. The van der Waals surface area contributed by atoms with Crippen molar-refractivity contribution in [2.24, 2.45) is 5.11 Å². The third kappa shape index (κ3) is 4.10. The van der Waals surface area contributed by atoms with Gasteiger partial charge in [0.15, 0.2) is 16.1 Å². The first-order valence-electron chi connectivity index (χ1n) is 6.23. The molecule has 0 saturated carbocycles. The Kier molecular flexibility index (Phi) is 5.40. The highest BCUT2D eigenvalue weighted by Crippen LogP contribution is 2.22. The second-order valence-corrected chi connectivity index (χ2v) is 5.92. The molecule has 0 heterocycles. The Morgan fingerprint density at radius 1 is 1.24 bits per heavy atom. The highest BCUT2D eigenvalue weighted by molar-refractivity contribution is 7.93. The Hall–Kier alpha value is -2.27. The van der Waals surface area contributed by atoms with Crippen molar-refractivity contribution in [3.05, 3.63) is 70.6 Å². The van der Waals surface area contributed by atoms with Crippen LogP contribution in [0.25, 0.3) is 10.4 Å². The first kappa shape index (κ1) is 15.1. The molecule has 0 saturated heterocycles. The van der Waals surface area contributed by atoms with Crippen LogP contribution < -0.4 is 0 Å². The zero-order chi connectivity index (χ0) is 15.1. The number of azide groups is 1. The van der Waals surface area contributed by atoms with Gasteiger partial charge in [-0.25, -0.2) is 0 Å². The molecule has 0 fully saturated rings. The lowest BCUT2D eigenvalue weighted by Gasteiger charge is -2.04. The first-order chi connectivity index (χ1) is 10.2. The molecule has 106 valence electrons. The van der Waals surface area contributed by atoms with Gasteiger partial charge in [-0.2, -0.15) is 4.18 Å². The summed E-state index contributed by atoms with van der Waals surface area (Å²) in [6.07, 6.45) is 0. The molecule has 21 heavy (non-hydrogen) atoms. The molecule has 5 nitrogen and oxygen atoms in total. The Balaban J connectivity index is 2.18. The van der Waals surface area contributed by atoms with Crippen LogP contribution in [0.2, 0.25) is 0 Å². The summed E-state index contributed by atoms with van der Waals surface area (Å²) >= 11 is -0.672. The van der Waals surface area contributed by atoms with Crippen molar-refractivity contribution < 1.29 is 8.98 Å². The molecule has 0 aromatic heterocycles. The van der Waals surface area contributed by atoms with Gasteiger partial charge in [-0.1, -0.05) is 47.6 Å². The van der Waals surface area contributed by atoms with E-state index in [0.717, 1.165) is 4.90 Å². The van der Waals surface area contributed by atoms with Gasteiger partial charge in [-0.3, -0.25) is 4.79 Å². The summed E-state index contributed by atoms with van der Waals surface area (Å²) < 4.78 is 5.43. The van der Waals surface area contributed by atoms with E-state index in [-0.39, 0.29) is 11.5 Å². The second-order valence-electron chi connectivity index (χ2n) is 4.13. The number of hydrogen-bond donors (Lipinski definition) is 0. The van der Waals surface area contributed by atoms with Crippen LogP contribution in [0.15, 0.2) is 64.6 Å². The molecule has 6 heteroatoms. The predicted octanol–water partition coefficient (Wildman–Crippen LogP) is 4.05. The summed E-state index contributed by atoms with van der Waals surface area (Å²) in [6.45, 7) is 0. The minimum Gasteiger partial charge on any atom is -0.289 e. The molecule has 2 aromatic carbocycles. The molecule has 0 bridgehead atoms. The summed E-state index contributed by atoms with van der Waals surface area (Å²) in [6, 6.07) is 16.2. The fraction of sp³-hybridized carbons (Fsp3) is 0.133. The number of hydrogen-bond acceptors (Lipinski definition) is 3. The highest BCUT2D eigenvalue weighted by atomic mass is 32.2. The molecule has 0 radical (unpaired) electrons. The molecular weight excluding hydrogens is 286 g/mol. The highest BCUT2D eigenvalue weighted by Gasteiger charge is 2.27. The van der Waals surface area contributed by atoms with Gasteiger partial charge in [0.2, 0.25) is 11.5 Å². The largest absolute Gasteiger partial charge is 0.289 e. The fourth-order valence-corrected chi connectivity index (χ4v) is 3.17. The fourth-order valence-electron chi connectivity index (χ4n) is 1.80. The van der Waals surface area contributed by atoms with Crippen molar-refractivity contribution in [3.63, 3.8) is 0 Å². The summed E-state index contributed by atoms with van der Waals surface area (Å²) in [5.74, 6) is 0.287. The number of rotatable bonds is 6. The standard InChI is InChI=1S/C15H14N3O2S/c1-20-21(11-15(19)12-6-3-2-4-7-12)14-9-5-8-13(10-14)17-18-16/h2-10H,11H2,1H3/q+1. The average Bonchev–Trinajstić information content (AvgIpc) is 2.54. The van der Waals surface area contributed by atoms with E-state index in [9.17, 15) is 4.79 Å². The van der Waals surface area contributed by atoms with Crippen LogP contribution in [-0.4, -0.2) is 18.6 Å². The van der Waals surface area contributed by atoms with Gasteiger partial charge in [0, 0.05) is 22.2 Å². The number of nitrogens with zero attached hydrogens (tertiary/aromatic N) is 3. The van der Waals surface area contributed by atoms with Crippen molar-refractivity contribution in [3.8, 4) is 0 Å². The normalized spacial score (nSPS) is 11.5. The van der Waals surface area contributed by atoms with E-state index in [1.165, 1.54) is 0 Å². The van der Waals surface area contributed by atoms with Crippen molar-refractivity contribution >= 4 is 22.6 Å². The Morgan fingerprint density at radius 2 is 2.00 bits per heavy atom. The molecule has 0 amide bonds. The van der Waals surface area contributed by atoms with Gasteiger partial charge in [0.1, 0.15) is 0 Å². The number of carbonyl (C=O) groups excluding carboxylic acids is 1. The van der Waals surface area contributed by atoms with Gasteiger partial charge in [0.25, 0.3) is 0 Å². The van der Waals surface area contributed by atoms with E-state index in [4.69, 9.17) is 9.71 Å². The Morgan fingerprint density at radius 3 is 2.67 bits per heavy atom. The minimum absolute atomic E-state index is 0.0231. The van der Waals surface area contributed by atoms with E-state index in [1.807, 2.05) is 24.3 Å². The molecule has 2 rings (SSSR count). The maximum atomic E-state index is 12.2. The van der Waals surface area contributed by atoms with Gasteiger partial charge in [-0.15, -0.1) is 0 Å². The Labute approximate surface area is 125 Å². The predicted molar refractivity (Wildman–Crippen MR) is 83.5 cm³/mol. The lowest BCUT2D eigenvalue weighted by Crippen LogP contribution is -2.18. The summed E-state index contributed by atoms with van der Waals surface area (Å²) in [7, 11) is 1.57. The maximum absolute atomic E-state index is 12.2. The van der Waals surface area contributed by atoms with E-state index >= 15 is 0 Å².